The quantitative estimate of drug-likeness (QED) is 0.0310. The lowest BCUT2D eigenvalue weighted by Gasteiger charge is -2.40. The summed E-state index contributed by atoms with van der Waals surface area (Å²) in [5.74, 6) is -2.18. The van der Waals surface area contributed by atoms with Crippen molar-refractivity contribution in [1.82, 2.24) is 42.5 Å². The Morgan fingerprint density at radius 3 is 0.858 bits per heavy atom. The molecule has 40 heteroatoms. The smallest absolute Gasteiger partial charge is 0.407 e. The summed E-state index contributed by atoms with van der Waals surface area (Å²) in [6.45, 7) is 5.37. The van der Waals surface area contributed by atoms with Gasteiger partial charge in [-0.15, -0.1) is 0 Å². The molecule has 826 valence electrons. The van der Waals surface area contributed by atoms with Gasteiger partial charge in [0.25, 0.3) is 0 Å². The summed E-state index contributed by atoms with van der Waals surface area (Å²) in [5, 5.41) is 112. The number of nitrogens with one attached hydrogen (secondary N) is 8. The minimum Gasteiger partial charge on any atom is -0.447 e. The number of carbonyl (C=O) groups is 8. The zero-order valence-electron chi connectivity index (χ0n) is 86.0. The van der Waals surface area contributed by atoms with Gasteiger partial charge in [-0.1, -0.05) is 213 Å². The third-order valence-corrected chi connectivity index (χ3v) is 25.5. The summed E-state index contributed by atoms with van der Waals surface area (Å²) < 4.78 is 70.1. The van der Waals surface area contributed by atoms with Crippen LogP contribution in [-0.4, -0.2) is 348 Å². The van der Waals surface area contributed by atoms with Crippen molar-refractivity contribution in [2.24, 2.45) is 17.2 Å². The molecule has 3 fully saturated rings. The van der Waals surface area contributed by atoms with Gasteiger partial charge in [-0.05, 0) is 83.5 Å². The third-order valence-electron chi connectivity index (χ3n) is 25.5. The maximum atomic E-state index is 14.3. The van der Waals surface area contributed by atoms with Gasteiger partial charge in [0, 0.05) is 124 Å². The van der Waals surface area contributed by atoms with Crippen molar-refractivity contribution >= 4 is 47.4 Å². The molecule has 23 N–H and O–H groups in total. The predicted octanol–water partition coefficient (Wildman–Crippen LogP) is 6.00. The lowest BCUT2D eigenvalue weighted by Crippen LogP contribution is -2.62. The molecule has 0 aromatic heterocycles. The second-order valence-corrected chi connectivity index (χ2v) is 38.2. The number of ether oxygens (including phenoxy) is 12. The van der Waals surface area contributed by atoms with Crippen LogP contribution in [0.2, 0.25) is 0 Å². The number of alkyl carbamates (subject to hydrolysis) is 1. The molecule has 16 atom stereocenters. The first-order chi connectivity index (χ1) is 68.4. The maximum Gasteiger partial charge on any atom is 0.407 e. The van der Waals surface area contributed by atoms with Crippen LogP contribution in [0.1, 0.15) is 341 Å². The number of amides is 8. The fourth-order valence-electron chi connectivity index (χ4n) is 16.6. The van der Waals surface area contributed by atoms with Crippen molar-refractivity contribution in [2.75, 3.05) is 152 Å². The fourth-order valence-corrected chi connectivity index (χ4v) is 16.6. The number of rotatable bonds is 94. The van der Waals surface area contributed by atoms with Crippen LogP contribution in [0.4, 0.5) is 4.79 Å². The van der Waals surface area contributed by atoms with Crippen LogP contribution in [0.15, 0.2) is 0 Å². The van der Waals surface area contributed by atoms with Gasteiger partial charge in [0.2, 0.25) is 41.4 Å². The van der Waals surface area contributed by atoms with E-state index in [9.17, 15) is 84.3 Å². The summed E-state index contributed by atoms with van der Waals surface area (Å²) >= 11 is 0. The Kier molecular flexibility index (Phi) is 79.7. The summed E-state index contributed by atoms with van der Waals surface area (Å²) in [5.41, 5.74) is 16.4. The van der Waals surface area contributed by atoms with Crippen molar-refractivity contribution in [2.45, 2.75) is 445 Å². The van der Waals surface area contributed by atoms with Gasteiger partial charge < -0.3 is 163 Å². The number of hydrogen-bond acceptors (Lipinski definition) is 32. The van der Waals surface area contributed by atoms with E-state index in [4.69, 9.17) is 74.0 Å². The SMILES string of the molecule is CCCCCCCCCCCCCCCCCCOCC(COC(=O)NCCCCCC(=O)NC(COCCC(=O)NCCCNC(=O)CCCCOC1OC(CO)C(O)C(O)C1N)(COCCC(=O)NCCCNC(=O)CCCCOC1OC(CO)C(O)C(O)C1N)COCCC(=O)NCCCNC(=O)CCCCOC1OC(CO)C(O)C(O)C1N)OCCCCCCCCCCCCCCCCCC. The molecule has 3 aliphatic rings. The topological polar surface area (TPSA) is 604 Å². The van der Waals surface area contributed by atoms with Gasteiger partial charge in [-0.25, -0.2) is 4.79 Å². The number of nitrogens with two attached hydrogens (primary N) is 3. The van der Waals surface area contributed by atoms with Crippen LogP contribution in [0, 0.1) is 0 Å². The van der Waals surface area contributed by atoms with E-state index in [1.165, 1.54) is 173 Å². The number of aliphatic hydroxyl groups excluding tert-OH is 9. The molecule has 40 nitrogen and oxygen atoms in total. The highest BCUT2D eigenvalue weighted by atomic mass is 16.7. The van der Waals surface area contributed by atoms with Crippen molar-refractivity contribution in [3.8, 4) is 0 Å². The summed E-state index contributed by atoms with van der Waals surface area (Å²) in [4.78, 5) is 105. The summed E-state index contributed by atoms with van der Waals surface area (Å²) in [6.07, 6.45) is 30.9. The van der Waals surface area contributed by atoms with E-state index >= 15 is 0 Å². The molecule has 0 aromatic rings. The first-order valence-electron chi connectivity index (χ1n) is 54.2. The Labute approximate surface area is 840 Å². The number of aliphatic hydroxyl groups is 9. The highest BCUT2D eigenvalue weighted by Crippen LogP contribution is 2.26. The van der Waals surface area contributed by atoms with Gasteiger partial charge in [0.05, 0.1) is 84.2 Å². The highest BCUT2D eigenvalue weighted by Gasteiger charge is 2.46. The van der Waals surface area contributed by atoms with E-state index in [-0.39, 0.29) is 192 Å². The van der Waals surface area contributed by atoms with Crippen LogP contribution in [0.25, 0.3) is 0 Å². The first-order valence-corrected chi connectivity index (χ1v) is 54.2. The van der Waals surface area contributed by atoms with Crippen molar-refractivity contribution < 1.29 is 141 Å². The molecule has 0 spiro atoms. The molecule has 141 heavy (non-hydrogen) atoms. The highest BCUT2D eigenvalue weighted by molar-refractivity contribution is 5.78. The molecule has 0 saturated carbocycles. The van der Waals surface area contributed by atoms with E-state index < -0.39 is 135 Å². The summed E-state index contributed by atoms with van der Waals surface area (Å²) in [6, 6.07) is -3.12. The van der Waals surface area contributed by atoms with Gasteiger partial charge in [0.15, 0.2) is 18.9 Å². The Hall–Kier alpha value is -5.36. The monoisotopic (exact) mass is 2020 g/mol. The average molecular weight is 2030 g/mol. The molecule has 3 heterocycles. The van der Waals surface area contributed by atoms with Crippen molar-refractivity contribution in [3.63, 3.8) is 0 Å². The maximum absolute atomic E-state index is 14.3. The number of hydrogen-bond donors (Lipinski definition) is 20. The molecular weight excluding hydrogens is 1830 g/mol. The zero-order chi connectivity index (χ0) is 103. The van der Waals surface area contributed by atoms with E-state index in [1.807, 2.05) is 0 Å². The van der Waals surface area contributed by atoms with Crippen molar-refractivity contribution in [3.05, 3.63) is 0 Å². The van der Waals surface area contributed by atoms with E-state index in [2.05, 4.69) is 56.4 Å². The molecular formula is C101H193N11O29. The van der Waals surface area contributed by atoms with Crippen LogP contribution in [0.3, 0.4) is 0 Å². The minimum atomic E-state index is -1.46. The molecule has 0 aromatic carbocycles. The van der Waals surface area contributed by atoms with E-state index in [0.29, 0.717) is 96.9 Å². The molecule has 8 amide bonds. The predicted molar refractivity (Wildman–Crippen MR) is 533 cm³/mol. The standard InChI is InChI=1S/C101H193N11O29/c1-3-5-7-9-11-13-15-17-19-21-23-25-27-29-31-39-61-130-72-77(134-62-40-32-30-28-26-24-22-20-18-16-14-12-10-8-6-4-2)73-138-100(129)111-54-38-33-34-50-87(122)112-101(74-131-66-51-84(119)108-58-44-55-105-81(116)47-35-41-63-135-97-88(102)94(126)91(123)78(69-113)139-97,75-132-67-52-85(120)109-59-45-56-106-82(117)48-36-42-64-136-98-89(103)95(127)92(124)79(70-114)140-98)76-133-68-53-86(121)110-60-46-57-107-83(118)49-37-43-65-137-99-90(104)96(128)93(125)80(71-115)141-99/h77-80,88-99,113-115,123-128H,3-76,102-104H2,1-2H3,(H,105,116)(H,106,117)(H,107,118)(H,108,119)(H,109,120)(H,110,121)(H,111,129)(H,112,122). The number of carbonyl (C=O) groups excluding carboxylic acids is 8. The molecule has 3 rings (SSSR count). The second-order valence-electron chi connectivity index (χ2n) is 38.2. The third kappa shape index (κ3) is 65.2. The van der Waals surface area contributed by atoms with Crippen LogP contribution in [0.5, 0.6) is 0 Å². The molecule has 16 unspecified atom stereocenters. The number of unbranched alkanes of at least 4 members (excludes halogenated alkanes) is 35. The molecule has 0 aliphatic carbocycles. The second kappa shape index (κ2) is 86.6. The van der Waals surface area contributed by atoms with E-state index in [1.54, 1.807) is 0 Å². The minimum absolute atomic E-state index is 0.0204. The van der Waals surface area contributed by atoms with Crippen LogP contribution >= 0.6 is 0 Å². The molecule has 0 radical (unpaired) electrons. The van der Waals surface area contributed by atoms with Gasteiger partial charge in [-0.3, -0.25) is 33.6 Å². The Balaban J connectivity index is 1.63. The normalized spacial score (nSPS) is 22.0. The van der Waals surface area contributed by atoms with Crippen molar-refractivity contribution in [1.29, 1.82) is 0 Å². The average Bonchev–Trinajstić information content (AvgIpc) is 0.823. The lowest BCUT2D eigenvalue weighted by atomic mass is 9.98. The van der Waals surface area contributed by atoms with Gasteiger partial charge in [-0.2, -0.15) is 0 Å². The van der Waals surface area contributed by atoms with Gasteiger partial charge in [0.1, 0.15) is 73.2 Å². The molecule has 3 aliphatic heterocycles. The first kappa shape index (κ1) is 130. The lowest BCUT2D eigenvalue weighted by molar-refractivity contribution is -0.265. The fraction of sp³-hybridized carbons (Fsp3) is 0.921. The van der Waals surface area contributed by atoms with E-state index in [0.717, 1.165) is 32.1 Å². The summed E-state index contributed by atoms with van der Waals surface area (Å²) in [7, 11) is 0. The Bertz CT molecular complexity index is 2890. The molecule has 3 saturated heterocycles. The van der Waals surface area contributed by atoms with Gasteiger partial charge >= 0.3 is 6.09 Å². The van der Waals surface area contributed by atoms with Crippen LogP contribution < -0.4 is 59.7 Å². The Morgan fingerprint density at radius 2 is 0.546 bits per heavy atom. The Morgan fingerprint density at radius 1 is 0.284 bits per heavy atom. The largest absolute Gasteiger partial charge is 0.447 e. The molecule has 0 bridgehead atoms. The zero-order valence-corrected chi connectivity index (χ0v) is 86.0. The van der Waals surface area contributed by atoms with Crippen LogP contribution in [-0.2, 0) is 90.4 Å².